The highest BCUT2D eigenvalue weighted by atomic mass is 127. The first kappa shape index (κ1) is 25.2. The van der Waals surface area contributed by atoms with Crippen LogP contribution in [0.4, 0.5) is 0 Å². The van der Waals surface area contributed by atoms with Crippen molar-refractivity contribution in [2.75, 3.05) is 32.4 Å². The van der Waals surface area contributed by atoms with Crippen molar-refractivity contribution < 1.29 is 8.42 Å². The minimum Gasteiger partial charge on any atom is -0.357 e. The molecule has 0 saturated carbocycles. The maximum atomic E-state index is 11.0. The third-order valence-electron chi connectivity index (χ3n) is 3.16. The monoisotopic (exact) mass is 462 g/mol. The van der Waals surface area contributed by atoms with Crippen LogP contribution in [0.3, 0.4) is 0 Å². The van der Waals surface area contributed by atoms with Gasteiger partial charge in [0.05, 0.1) is 6.26 Å². The molecule has 0 atom stereocenters. The fraction of sp³-hybridized carbons (Fsp3) is 0.933. The molecule has 8 heteroatoms. The Morgan fingerprint density at radius 2 is 1.52 bits per heavy atom. The summed E-state index contributed by atoms with van der Waals surface area (Å²) < 4.78 is 24.4. The Morgan fingerprint density at radius 1 is 0.913 bits per heavy atom. The van der Waals surface area contributed by atoms with Crippen molar-refractivity contribution >= 4 is 40.0 Å². The van der Waals surface area contributed by atoms with E-state index in [1.807, 2.05) is 6.92 Å². The lowest BCUT2D eigenvalue weighted by Gasteiger charge is -2.11. The number of hydrogen-bond acceptors (Lipinski definition) is 3. The van der Waals surface area contributed by atoms with Gasteiger partial charge in [0, 0.05) is 26.2 Å². The zero-order chi connectivity index (χ0) is 16.7. The van der Waals surface area contributed by atoms with E-state index < -0.39 is 10.0 Å². The molecular weight excluding hydrogens is 427 g/mol. The Morgan fingerprint density at radius 3 is 2.09 bits per heavy atom. The average molecular weight is 462 g/mol. The molecular formula is C15H35IN4O2S. The summed E-state index contributed by atoms with van der Waals surface area (Å²) in [4.78, 5) is 4.50. The van der Waals surface area contributed by atoms with Crippen molar-refractivity contribution in [3.63, 3.8) is 0 Å². The number of guanidine groups is 1. The lowest BCUT2D eigenvalue weighted by Crippen LogP contribution is -2.41. The minimum absolute atomic E-state index is 0. The van der Waals surface area contributed by atoms with Crippen LogP contribution in [-0.4, -0.2) is 46.8 Å². The molecule has 23 heavy (non-hydrogen) atoms. The number of sulfonamides is 1. The van der Waals surface area contributed by atoms with Crippen LogP contribution in [-0.2, 0) is 10.0 Å². The second-order valence-corrected chi connectivity index (χ2v) is 7.31. The standard InChI is InChI=1S/C15H34N4O2S.HI/c1-4-6-7-8-9-10-11-12-17-15(16-5-2)18-13-14-19-22(3,20)21;/h19H,4-14H2,1-3H3,(H2,16,17,18);1H. The predicted octanol–water partition coefficient (Wildman–Crippen LogP) is 2.46. The smallest absolute Gasteiger partial charge is 0.208 e. The number of nitrogens with one attached hydrogen (secondary N) is 3. The van der Waals surface area contributed by atoms with Crippen LogP contribution in [0.1, 0.15) is 58.8 Å². The van der Waals surface area contributed by atoms with Gasteiger partial charge in [0.15, 0.2) is 5.96 Å². The number of halogens is 1. The van der Waals surface area contributed by atoms with E-state index in [2.05, 4.69) is 27.3 Å². The lowest BCUT2D eigenvalue weighted by atomic mass is 10.1. The van der Waals surface area contributed by atoms with Gasteiger partial charge in [-0.3, -0.25) is 4.99 Å². The highest BCUT2D eigenvalue weighted by Crippen LogP contribution is 2.06. The summed E-state index contributed by atoms with van der Waals surface area (Å²) >= 11 is 0. The van der Waals surface area contributed by atoms with Crippen molar-refractivity contribution in [2.45, 2.75) is 58.8 Å². The van der Waals surface area contributed by atoms with Crippen molar-refractivity contribution in [1.29, 1.82) is 0 Å². The molecule has 0 aliphatic rings. The second-order valence-electron chi connectivity index (χ2n) is 5.48. The first-order chi connectivity index (χ1) is 10.5. The molecule has 3 N–H and O–H groups in total. The molecule has 0 fully saturated rings. The van der Waals surface area contributed by atoms with E-state index in [1.165, 1.54) is 38.5 Å². The van der Waals surface area contributed by atoms with Crippen LogP contribution in [0.5, 0.6) is 0 Å². The molecule has 6 nitrogen and oxygen atoms in total. The van der Waals surface area contributed by atoms with Gasteiger partial charge in [-0.2, -0.15) is 0 Å². The quantitative estimate of drug-likeness (QED) is 0.170. The maximum absolute atomic E-state index is 11.0. The number of hydrogen-bond donors (Lipinski definition) is 3. The molecule has 0 aromatic carbocycles. The topological polar surface area (TPSA) is 82.6 Å². The van der Waals surface area contributed by atoms with E-state index in [9.17, 15) is 8.42 Å². The molecule has 0 spiro atoms. The number of aliphatic imine (C=N–C) groups is 1. The number of nitrogens with zero attached hydrogens (tertiary/aromatic N) is 1. The molecule has 0 aromatic rings. The van der Waals surface area contributed by atoms with Crippen LogP contribution < -0.4 is 15.4 Å². The zero-order valence-electron chi connectivity index (χ0n) is 14.9. The van der Waals surface area contributed by atoms with Crippen molar-refractivity contribution in [3.8, 4) is 0 Å². The van der Waals surface area contributed by atoms with Gasteiger partial charge in [0.25, 0.3) is 0 Å². The summed E-state index contributed by atoms with van der Waals surface area (Å²) in [5.41, 5.74) is 0. The van der Waals surface area contributed by atoms with Crippen molar-refractivity contribution in [2.24, 2.45) is 4.99 Å². The summed E-state index contributed by atoms with van der Waals surface area (Å²) in [6, 6.07) is 0. The molecule has 0 amide bonds. The molecule has 0 aliphatic carbocycles. The van der Waals surface area contributed by atoms with E-state index >= 15 is 0 Å². The summed E-state index contributed by atoms with van der Waals surface area (Å²) in [5.74, 6) is 0.754. The third kappa shape index (κ3) is 19.9. The van der Waals surface area contributed by atoms with Crippen molar-refractivity contribution in [1.82, 2.24) is 15.4 Å². The molecule has 0 heterocycles. The summed E-state index contributed by atoms with van der Waals surface area (Å²) in [6.07, 6.45) is 10.1. The normalized spacial score (nSPS) is 11.9. The van der Waals surface area contributed by atoms with E-state index in [-0.39, 0.29) is 24.0 Å². The summed E-state index contributed by atoms with van der Waals surface area (Å²) in [6.45, 7) is 6.73. The molecule has 0 radical (unpaired) electrons. The van der Waals surface area contributed by atoms with E-state index in [0.717, 1.165) is 31.7 Å². The number of rotatable bonds is 13. The third-order valence-corrected chi connectivity index (χ3v) is 3.89. The Hall–Kier alpha value is -0.0900. The van der Waals surface area contributed by atoms with Crippen LogP contribution >= 0.6 is 24.0 Å². The molecule has 0 aromatic heterocycles. The van der Waals surface area contributed by atoms with Gasteiger partial charge >= 0.3 is 0 Å². The molecule has 0 aliphatic heterocycles. The Bertz CT molecular complexity index is 389. The van der Waals surface area contributed by atoms with Gasteiger partial charge in [0.2, 0.25) is 10.0 Å². The molecule has 0 unspecified atom stereocenters. The Kier molecular flexibility index (Phi) is 18.3. The molecule has 0 rings (SSSR count). The molecule has 0 saturated heterocycles. The predicted molar refractivity (Wildman–Crippen MR) is 110 cm³/mol. The van der Waals surface area contributed by atoms with Gasteiger partial charge in [-0.25, -0.2) is 13.1 Å². The van der Waals surface area contributed by atoms with E-state index in [4.69, 9.17) is 0 Å². The van der Waals surface area contributed by atoms with Gasteiger partial charge in [-0.1, -0.05) is 45.4 Å². The largest absolute Gasteiger partial charge is 0.357 e. The van der Waals surface area contributed by atoms with Crippen molar-refractivity contribution in [3.05, 3.63) is 0 Å². The van der Waals surface area contributed by atoms with Gasteiger partial charge in [0.1, 0.15) is 0 Å². The maximum Gasteiger partial charge on any atom is 0.208 e. The van der Waals surface area contributed by atoms with Gasteiger partial charge in [-0.05, 0) is 13.3 Å². The van der Waals surface area contributed by atoms with Gasteiger partial charge < -0.3 is 10.6 Å². The summed E-state index contributed by atoms with van der Waals surface area (Å²) in [5, 5.41) is 6.28. The highest BCUT2D eigenvalue weighted by molar-refractivity contribution is 14.0. The van der Waals surface area contributed by atoms with Gasteiger partial charge in [-0.15, -0.1) is 24.0 Å². The second kappa shape index (κ2) is 16.8. The first-order valence-electron chi connectivity index (χ1n) is 8.46. The SMILES string of the molecule is CCCCCCCCCN=C(NCC)NCCNS(C)(=O)=O.I. The molecule has 140 valence electrons. The Labute approximate surface area is 159 Å². The number of unbranched alkanes of at least 4 members (excludes halogenated alkanes) is 6. The lowest BCUT2D eigenvalue weighted by molar-refractivity contribution is 0.586. The summed E-state index contributed by atoms with van der Waals surface area (Å²) in [7, 11) is -3.12. The van der Waals surface area contributed by atoms with E-state index in [1.54, 1.807) is 0 Å². The minimum atomic E-state index is -3.12. The average Bonchev–Trinajstić information content (AvgIpc) is 2.45. The van der Waals surface area contributed by atoms with Crippen LogP contribution in [0, 0.1) is 0 Å². The fourth-order valence-electron chi connectivity index (χ4n) is 2.02. The van der Waals surface area contributed by atoms with Crippen LogP contribution in [0.15, 0.2) is 4.99 Å². The fourth-order valence-corrected chi connectivity index (χ4v) is 2.49. The molecule has 0 bridgehead atoms. The first-order valence-corrected chi connectivity index (χ1v) is 10.4. The van der Waals surface area contributed by atoms with E-state index in [0.29, 0.717) is 13.1 Å². The highest BCUT2D eigenvalue weighted by Gasteiger charge is 2.00. The van der Waals surface area contributed by atoms with Crippen LogP contribution in [0.2, 0.25) is 0 Å². The Balaban J connectivity index is 0. The van der Waals surface area contributed by atoms with Crippen LogP contribution in [0.25, 0.3) is 0 Å². The zero-order valence-corrected chi connectivity index (χ0v) is 18.0.